The predicted octanol–water partition coefficient (Wildman–Crippen LogP) is 2.64. The monoisotopic (exact) mass is 357 g/mol. The maximum absolute atomic E-state index is 12.7. The molecule has 0 unspecified atom stereocenters. The van der Waals surface area contributed by atoms with E-state index >= 15 is 0 Å². The molecule has 0 radical (unpaired) electrons. The Balaban J connectivity index is 1.39. The van der Waals surface area contributed by atoms with Gasteiger partial charge in [0, 0.05) is 11.6 Å². The summed E-state index contributed by atoms with van der Waals surface area (Å²) < 4.78 is 10.6. The number of hydrogen-bond acceptors (Lipinski definition) is 5. The normalized spacial score (nSPS) is 31.2. The molecule has 5 atom stereocenters. The molecule has 26 heavy (non-hydrogen) atoms. The topological polar surface area (TPSA) is 81.7 Å². The van der Waals surface area contributed by atoms with Crippen molar-refractivity contribution in [2.24, 2.45) is 29.6 Å². The van der Waals surface area contributed by atoms with Crippen molar-refractivity contribution >= 4 is 23.5 Å². The Hall–Kier alpha value is -2.37. The number of carbonyl (C=O) groups excluding carboxylic acids is 3. The molecule has 1 amide bonds. The van der Waals surface area contributed by atoms with E-state index in [-0.39, 0.29) is 53.5 Å². The van der Waals surface area contributed by atoms with E-state index in [0.717, 1.165) is 12.8 Å². The predicted molar refractivity (Wildman–Crippen MR) is 93.3 cm³/mol. The maximum Gasteiger partial charge on any atom is 0.338 e. The van der Waals surface area contributed by atoms with Crippen LogP contribution in [-0.2, 0) is 19.1 Å². The van der Waals surface area contributed by atoms with Crippen molar-refractivity contribution < 1.29 is 23.9 Å². The number of rotatable bonds is 5. The largest absolute Gasteiger partial charge is 0.462 e. The Morgan fingerprint density at radius 1 is 1.23 bits per heavy atom. The van der Waals surface area contributed by atoms with E-state index in [0.29, 0.717) is 17.9 Å². The third-order valence-corrected chi connectivity index (χ3v) is 5.72. The van der Waals surface area contributed by atoms with E-state index < -0.39 is 0 Å². The van der Waals surface area contributed by atoms with Crippen LogP contribution in [0.4, 0.5) is 5.69 Å². The van der Waals surface area contributed by atoms with Crippen LogP contribution in [-0.4, -0.2) is 30.6 Å². The fourth-order valence-corrected chi connectivity index (χ4v) is 4.60. The molecular formula is C20H23NO5. The van der Waals surface area contributed by atoms with Gasteiger partial charge in [0.15, 0.2) is 0 Å². The SMILES string of the molecule is CC(C)COC(=O)c1ccc(NC(=O)[C@@H]2[C@@H]3C[C@@H]4[C@H]2C(=O)O[C@H]4C3)cc1. The van der Waals surface area contributed by atoms with E-state index in [4.69, 9.17) is 9.47 Å². The first-order valence-electron chi connectivity index (χ1n) is 9.22. The van der Waals surface area contributed by atoms with Gasteiger partial charge in [-0.05, 0) is 48.9 Å². The second kappa shape index (κ2) is 6.41. The zero-order chi connectivity index (χ0) is 18.4. The van der Waals surface area contributed by atoms with Crippen molar-refractivity contribution in [1.82, 2.24) is 0 Å². The highest BCUT2D eigenvalue weighted by atomic mass is 16.6. The summed E-state index contributed by atoms with van der Waals surface area (Å²) in [5.74, 6) is -0.595. The van der Waals surface area contributed by atoms with Crippen molar-refractivity contribution in [3.05, 3.63) is 29.8 Å². The molecule has 1 heterocycles. The number of benzene rings is 1. The van der Waals surface area contributed by atoms with Gasteiger partial charge in [-0.15, -0.1) is 0 Å². The number of amides is 1. The molecule has 2 saturated carbocycles. The molecule has 1 aromatic carbocycles. The molecular weight excluding hydrogens is 334 g/mol. The minimum Gasteiger partial charge on any atom is -0.462 e. The molecule has 1 N–H and O–H groups in total. The van der Waals surface area contributed by atoms with E-state index in [9.17, 15) is 14.4 Å². The number of nitrogens with one attached hydrogen (secondary N) is 1. The number of anilines is 1. The van der Waals surface area contributed by atoms with Crippen LogP contribution in [0, 0.1) is 29.6 Å². The summed E-state index contributed by atoms with van der Waals surface area (Å²) in [6, 6.07) is 6.65. The number of hydrogen-bond donors (Lipinski definition) is 1. The Morgan fingerprint density at radius 3 is 2.65 bits per heavy atom. The lowest BCUT2D eigenvalue weighted by molar-refractivity contribution is -0.145. The van der Waals surface area contributed by atoms with Gasteiger partial charge in [0.05, 0.1) is 24.0 Å². The van der Waals surface area contributed by atoms with Crippen LogP contribution in [0.1, 0.15) is 37.0 Å². The van der Waals surface area contributed by atoms with Gasteiger partial charge in [0.1, 0.15) is 6.10 Å². The molecule has 0 aromatic heterocycles. The molecule has 6 heteroatoms. The van der Waals surface area contributed by atoms with Crippen molar-refractivity contribution in [3.63, 3.8) is 0 Å². The van der Waals surface area contributed by atoms with Gasteiger partial charge >= 0.3 is 11.9 Å². The van der Waals surface area contributed by atoms with Crippen LogP contribution < -0.4 is 5.32 Å². The van der Waals surface area contributed by atoms with Gasteiger partial charge in [0.2, 0.25) is 5.91 Å². The van der Waals surface area contributed by atoms with Gasteiger partial charge in [-0.3, -0.25) is 9.59 Å². The average Bonchev–Trinajstić information content (AvgIpc) is 3.22. The van der Waals surface area contributed by atoms with Gasteiger partial charge in [-0.2, -0.15) is 0 Å². The molecule has 1 aromatic rings. The van der Waals surface area contributed by atoms with Gasteiger partial charge in [0.25, 0.3) is 0 Å². The van der Waals surface area contributed by atoms with Gasteiger partial charge < -0.3 is 14.8 Å². The smallest absolute Gasteiger partial charge is 0.338 e. The van der Waals surface area contributed by atoms with Gasteiger partial charge in [-0.25, -0.2) is 4.79 Å². The lowest BCUT2D eigenvalue weighted by atomic mass is 9.79. The van der Waals surface area contributed by atoms with E-state index in [1.165, 1.54) is 0 Å². The van der Waals surface area contributed by atoms with E-state index in [1.807, 2.05) is 13.8 Å². The molecule has 4 rings (SSSR count). The standard InChI is InChI=1S/C20H23NO5/c1-10(2)9-25-19(23)11-3-5-13(6-4-11)21-18(22)16-12-7-14-15(8-12)26-20(24)17(14)16/h3-6,10,12,14-17H,7-9H2,1-2H3,(H,21,22)/t12-,14+,15+,16-,17-/m1/s1. The highest BCUT2D eigenvalue weighted by molar-refractivity contribution is 5.97. The molecule has 2 bridgehead atoms. The molecule has 138 valence electrons. The molecule has 1 aliphatic heterocycles. The van der Waals surface area contributed by atoms with Crippen LogP contribution >= 0.6 is 0 Å². The van der Waals surface area contributed by atoms with Crippen molar-refractivity contribution in [1.29, 1.82) is 0 Å². The molecule has 2 aliphatic carbocycles. The number of fused-ring (bicyclic) bond motifs is 1. The average molecular weight is 357 g/mol. The summed E-state index contributed by atoms with van der Waals surface area (Å²) in [7, 11) is 0. The fraction of sp³-hybridized carbons (Fsp3) is 0.550. The quantitative estimate of drug-likeness (QED) is 0.819. The van der Waals surface area contributed by atoms with Crippen molar-refractivity contribution in [2.45, 2.75) is 32.8 Å². The summed E-state index contributed by atoms with van der Waals surface area (Å²) in [5, 5.41) is 2.89. The molecule has 1 saturated heterocycles. The zero-order valence-corrected chi connectivity index (χ0v) is 14.9. The molecule has 0 spiro atoms. The highest BCUT2D eigenvalue weighted by Gasteiger charge is 2.63. The Morgan fingerprint density at radius 2 is 1.96 bits per heavy atom. The van der Waals surface area contributed by atoms with E-state index in [2.05, 4.69) is 5.32 Å². The second-order valence-corrected chi connectivity index (χ2v) is 7.98. The van der Waals surface area contributed by atoms with Crippen LogP contribution in [0.2, 0.25) is 0 Å². The maximum atomic E-state index is 12.7. The van der Waals surface area contributed by atoms with Crippen molar-refractivity contribution in [3.8, 4) is 0 Å². The third-order valence-electron chi connectivity index (χ3n) is 5.72. The minimum atomic E-state index is -0.371. The van der Waals surface area contributed by atoms with Crippen LogP contribution in [0.25, 0.3) is 0 Å². The number of esters is 2. The summed E-state index contributed by atoms with van der Waals surface area (Å²) in [6.45, 7) is 4.33. The Bertz CT molecular complexity index is 739. The van der Waals surface area contributed by atoms with E-state index in [1.54, 1.807) is 24.3 Å². The van der Waals surface area contributed by atoms with Crippen LogP contribution in [0.15, 0.2) is 24.3 Å². The molecule has 3 aliphatic rings. The number of ether oxygens (including phenoxy) is 2. The lowest BCUT2D eigenvalue weighted by Gasteiger charge is -2.23. The summed E-state index contributed by atoms with van der Waals surface area (Å²) in [6.07, 6.45) is 1.73. The van der Waals surface area contributed by atoms with Crippen LogP contribution in [0.5, 0.6) is 0 Å². The van der Waals surface area contributed by atoms with Crippen molar-refractivity contribution in [2.75, 3.05) is 11.9 Å². The minimum absolute atomic E-state index is 0.0256. The molecule has 3 fully saturated rings. The fourth-order valence-electron chi connectivity index (χ4n) is 4.60. The number of carbonyl (C=O) groups is 3. The third kappa shape index (κ3) is 2.87. The summed E-state index contributed by atoms with van der Waals surface area (Å²) in [4.78, 5) is 36.7. The lowest BCUT2D eigenvalue weighted by Crippen LogP contribution is -2.35. The Kier molecular flexibility index (Phi) is 4.21. The van der Waals surface area contributed by atoms with Crippen LogP contribution in [0.3, 0.4) is 0 Å². The highest BCUT2D eigenvalue weighted by Crippen LogP contribution is 2.57. The first-order chi connectivity index (χ1) is 12.4. The zero-order valence-electron chi connectivity index (χ0n) is 14.9. The Labute approximate surface area is 152 Å². The first-order valence-corrected chi connectivity index (χ1v) is 9.22. The summed E-state index contributed by atoms with van der Waals surface area (Å²) >= 11 is 0. The molecule has 6 nitrogen and oxygen atoms in total. The summed E-state index contributed by atoms with van der Waals surface area (Å²) in [5.41, 5.74) is 1.06. The second-order valence-electron chi connectivity index (χ2n) is 7.98. The first kappa shape index (κ1) is 17.1. The van der Waals surface area contributed by atoms with Gasteiger partial charge in [-0.1, -0.05) is 13.8 Å².